The Bertz CT molecular complexity index is 420. The second-order valence-corrected chi connectivity index (χ2v) is 6.46. The third-order valence-corrected chi connectivity index (χ3v) is 4.63. The maximum absolute atomic E-state index is 3.45. The Kier molecular flexibility index (Phi) is 6.56. The van der Waals surface area contributed by atoms with Gasteiger partial charge in [0.25, 0.3) is 0 Å². The van der Waals surface area contributed by atoms with E-state index in [9.17, 15) is 0 Å². The van der Waals surface area contributed by atoms with Gasteiger partial charge in [-0.2, -0.15) is 0 Å². The van der Waals surface area contributed by atoms with Crippen LogP contribution in [0.5, 0.6) is 0 Å². The van der Waals surface area contributed by atoms with E-state index in [2.05, 4.69) is 49.2 Å². The lowest BCUT2D eigenvalue weighted by Gasteiger charge is -2.29. The summed E-state index contributed by atoms with van der Waals surface area (Å²) in [6, 6.07) is 7.65. The minimum absolute atomic E-state index is 0.649. The van der Waals surface area contributed by atoms with E-state index in [1.807, 2.05) is 0 Å². The maximum atomic E-state index is 3.45. The smallest absolute Gasteiger partial charge is 0.0373 e. The second kappa shape index (κ2) is 8.43. The number of benzene rings is 1. The molecule has 1 aromatic rings. The predicted octanol–water partition coefficient (Wildman–Crippen LogP) is 4.49. The Hall–Kier alpha value is -1.02. The molecule has 2 nitrogen and oxygen atoms in total. The quantitative estimate of drug-likeness (QED) is 0.720. The zero-order chi connectivity index (χ0) is 15.1. The van der Waals surface area contributed by atoms with Gasteiger partial charge in [-0.3, -0.25) is 0 Å². The fourth-order valence-electron chi connectivity index (χ4n) is 3.23. The number of hydrogen-bond donors (Lipinski definition) is 1. The van der Waals surface area contributed by atoms with Crippen molar-refractivity contribution in [1.82, 2.24) is 4.90 Å². The van der Waals surface area contributed by atoms with Gasteiger partial charge in [0.05, 0.1) is 0 Å². The largest absolute Gasteiger partial charge is 0.384 e. The van der Waals surface area contributed by atoms with E-state index >= 15 is 0 Å². The minimum Gasteiger partial charge on any atom is -0.384 e. The molecule has 0 radical (unpaired) electrons. The lowest BCUT2D eigenvalue weighted by molar-refractivity contribution is 0.201. The molecule has 1 unspecified atom stereocenters. The highest BCUT2D eigenvalue weighted by atomic mass is 15.1. The van der Waals surface area contributed by atoms with Gasteiger partial charge >= 0.3 is 0 Å². The SMILES string of the molecule is CCCCN(CCCC)C(C)Cc1ccc2c(c1)CCN2. The van der Waals surface area contributed by atoms with Gasteiger partial charge in [0.2, 0.25) is 0 Å². The standard InChI is InChI=1S/C19H32N2/c1-4-6-12-21(13-7-5-2)16(3)14-17-8-9-19-18(15-17)10-11-20-19/h8-9,15-16,20H,4-7,10-14H2,1-3H3. The van der Waals surface area contributed by atoms with Crippen LogP contribution >= 0.6 is 0 Å². The van der Waals surface area contributed by atoms with Crippen molar-refractivity contribution in [3.8, 4) is 0 Å². The molecular weight excluding hydrogens is 256 g/mol. The van der Waals surface area contributed by atoms with Crippen molar-refractivity contribution >= 4 is 5.69 Å². The molecule has 0 fully saturated rings. The molecule has 1 aliphatic rings. The van der Waals surface area contributed by atoms with Crippen LogP contribution in [-0.4, -0.2) is 30.6 Å². The molecule has 1 heterocycles. The second-order valence-electron chi connectivity index (χ2n) is 6.46. The molecule has 0 amide bonds. The normalized spacial score (nSPS) is 15.0. The third-order valence-electron chi connectivity index (χ3n) is 4.63. The molecule has 0 bridgehead atoms. The van der Waals surface area contributed by atoms with Crippen LogP contribution in [-0.2, 0) is 12.8 Å². The lowest BCUT2D eigenvalue weighted by Crippen LogP contribution is -2.36. The van der Waals surface area contributed by atoms with Crippen LogP contribution in [0.3, 0.4) is 0 Å². The summed E-state index contributed by atoms with van der Waals surface area (Å²) in [5.41, 5.74) is 4.36. The highest BCUT2D eigenvalue weighted by molar-refractivity contribution is 5.56. The van der Waals surface area contributed by atoms with Crippen molar-refractivity contribution in [2.75, 3.05) is 25.0 Å². The molecule has 1 aliphatic heterocycles. The zero-order valence-electron chi connectivity index (χ0n) is 14.1. The van der Waals surface area contributed by atoms with Gasteiger partial charge < -0.3 is 10.2 Å². The van der Waals surface area contributed by atoms with E-state index in [1.165, 1.54) is 68.4 Å². The Labute approximate surface area is 130 Å². The Morgan fingerprint density at radius 3 is 2.52 bits per heavy atom. The van der Waals surface area contributed by atoms with Gasteiger partial charge in [-0.15, -0.1) is 0 Å². The maximum Gasteiger partial charge on any atom is 0.0373 e. The summed E-state index contributed by atoms with van der Waals surface area (Å²) < 4.78 is 0. The van der Waals surface area contributed by atoms with Crippen LogP contribution in [0.2, 0.25) is 0 Å². The van der Waals surface area contributed by atoms with Gasteiger partial charge in [-0.1, -0.05) is 38.8 Å². The first-order chi connectivity index (χ1) is 10.2. The van der Waals surface area contributed by atoms with Crippen molar-refractivity contribution in [3.05, 3.63) is 29.3 Å². The summed E-state index contributed by atoms with van der Waals surface area (Å²) in [4.78, 5) is 2.69. The van der Waals surface area contributed by atoms with Crippen molar-refractivity contribution < 1.29 is 0 Å². The molecular formula is C19H32N2. The topological polar surface area (TPSA) is 15.3 Å². The number of fused-ring (bicyclic) bond motifs is 1. The minimum atomic E-state index is 0.649. The Morgan fingerprint density at radius 2 is 1.86 bits per heavy atom. The van der Waals surface area contributed by atoms with E-state index in [1.54, 1.807) is 0 Å². The Morgan fingerprint density at radius 1 is 1.14 bits per heavy atom. The van der Waals surface area contributed by atoms with Crippen LogP contribution in [0.1, 0.15) is 57.6 Å². The highest BCUT2D eigenvalue weighted by Gasteiger charge is 2.15. The van der Waals surface area contributed by atoms with Crippen molar-refractivity contribution in [1.29, 1.82) is 0 Å². The number of nitrogens with one attached hydrogen (secondary N) is 1. The van der Waals surface area contributed by atoms with Crippen LogP contribution in [0.4, 0.5) is 5.69 Å². The van der Waals surface area contributed by atoms with E-state index < -0.39 is 0 Å². The zero-order valence-corrected chi connectivity index (χ0v) is 14.1. The Balaban J connectivity index is 1.94. The number of nitrogens with zero attached hydrogens (tertiary/aromatic N) is 1. The van der Waals surface area contributed by atoms with Gasteiger partial charge in [0.1, 0.15) is 0 Å². The lowest BCUT2D eigenvalue weighted by atomic mass is 10.0. The van der Waals surface area contributed by atoms with E-state index in [0.717, 1.165) is 6.54 Å². The van der Waals surface area contributed by atoms with Crippen molar-refractivity contribution in [2.24, 2.45) is 0 Å². The summed E-state index contributed by atoms with van der Waals surface area (Å²) in [5, 5.41) is 3.45. The molecule has 2 heteroatoms. The van der Waals surface area contributed by atoms with E-state index in [0.29, 0.717) is 6.04 Å². The molecule has 0 aromatic heterocycles. The van der Waals surface area contributed by atoms with Crippen LogP contribution < -0.4 is 5.32 Å². The average molecular weight is 288 g/mol. The fourth-order valence-corrected chi connectivity index (χ4v) is 3.23. The van der Waals surface area contributed by atoms with Crippen molar-refractivity contribution in [2.45, 2.75) is 65.3 Å². The van der Waals surface area contributed by atoms with Crippen molar-refractivity contribution in [3.63, 3.8) is 0 Å². The molecule has 0 saturated heterocycles. The molecule has 1 atom stereocenters. The molecule has 118 valence electrons. The van der Waals surface area contributed by atoms with Crippen LogP contribution in [0.25, 0.3) is 0 Å². The summed E-state index contributed by atoms with van der Waals surface area (Å²) >= 11 is 0. The van der Waals surface area contributed by atoms with E-state index in [4.69, 9.17) is 0 Å². The van der Waals surface area contributed by atoms with Crippen LogP contribution in [0, 0.1) is 0 Å². The van der Waals surface area contributed by atoms with E-state index in [-0.39, 0.29) is 0 Å². The van der Waals surface area contributed by atoms with Crippen LogP contribution in [0.15, 0.2) is 18.2 Å². The number of unbranched alkanes of at least 4 members (excludes halogenated alkanes) is 2. The first kappa shape index (κ1) is 16.4. The molecule has 0 aliphatic carbocycles. The fraction of sp³-hybridized carbons (Fsp3) is 0.684. The monoisotopic (exact) mass is 288 g/mol. The molecule has 1 aromatic carbocycles. The first-order valence-electron chi connectivity index (χ1n) is 8.84. The average Bonchev–Trinajstić information content (AvgIpc) is 2.95. The third kappa shape index (κ3) is 4.74. The number of anilines is 1. The van der Waals surface area contributed by atoms with Gasteiger partial charge in [0.15, 0.2) is 0 Å². The molecule has 0 saturated carbocycles. The number of rotatable bonds is 9. The predicted molar refractivity (Wildman–Crippen MR) is 93.2 cm³/mol. The number of hydrogen-bond acceptors (Lipinski definition) is 2. The summed E-state index contributed by atoms with van der Waals surface area (Å²) in [5.74, 6) is 0. The summed E-state index contributed by atoms with van der Waals surface area (Å²) in [6.07, 6.45) is 7.59. The van der Waals surface area contributed by atoms with Gasteiger partial charge in [-0.05, 0) is 62.9 Å². The van der Waals surface area contributed by atoms with Gasteiger partial charge in [0, 0.05) is 18.3 Å². The summed E-state index contributed by atoms with van der Waals surface area (Å²) in [6.45, 7) is 10.6. The van der Waals surface area contributed by atoms with Gasteiger partial charge in [-0.25, -0.2) is 0 Å². The molecule has 0 spiro atoms. The molecule has 1 N–H and O–H groups in total. The first-order valence-corrected chi connectivity index (χ1v) is 8.84. The molecule has 21 heavy (non-hydrogen) atoms. The summed E-state index contributed by atoms with van der Waals surface area (Å²) in [7, 11) is 0. The molecule has 2 rings (SSSR count). The highest BCUT2D eigenvalue weighted by Crippen LogP contribution is 2.24.